The highest BCUT2D eigenvalue weighted by molar-refractivity contribution is 5.79. The van der Waals surface area contributed by atoms with Gasteiger partial charge in [-0.15, -0.1) is 0 Å². The topological polar surface area (TPSA) is 59.7 Å². The fraction of sp³-hybridized carbons (Fsp3) is 0.286. The molecule has 25 heavy (non-hydrogen) atoms. The lowest BCUT2D eigenvalue weighted by Crippen LogP contribution is -2.14. The zero-order valence-electron chi connectivity index (χ0n) is 14.9. The van der Waals surface area contributed by atoms with Crippen LogP contribution in [0.5, 0.6) is 17.2 Å². The fourth-order valence-electron chi connectivity index (χ4n) is 2.76. The van der Waals surface area contributed by atoms with E-state index in [1.54, 1.807) is 0 Å². The van der Waals surface area contributed by atoms with Gasteiger partial charge >= 0.3 is 0 Å². The van der Waals surface area contributed by atoms with E-state index in [2.05, 4.69) is 33.8 Å². The van der Waals surface area contributed by atoms with Gasteiger partial charge in [-0.25, -0.2) is 0 Å². The molecule has 3 rings (SSSR count). The third-order valence-corrected chi connectivity index (χ3v) is 4.21. The van der Waals surface area contributed by atoms with Crippen molar-refractivity contribution in [1.82, 2.24) is 0 Å². The largest absolute Gasteiger partial charge is 0.508 e. The predicted molar refractivity (Wildman–Crippen MR) is 98.7 cm³/mol. The van der Waals surface area contributed by atoms with Gasteiger partial charge in [0.25, 0.3) is 0 Å². The molecule has 0 radical (unpaired) electrons. The quantitative estimate of drug-likeness (QED) is 0.717. The second kappa shape index (κ2) is 6.28. The Balaban J connectivity index is 2.09. The molecule has 4 heteroatoms. The van der Waals surface area contributed by atoms with Gasteiger partial charge in [0.1, 0.15) is 23.3 Å². The predicted octanol–water partition coefficient (Wildman–Crippen LogP) is 5.15. The van der Waals surface area contributed by atoms with Crippen molar-refractivity contribution in [2.45, 2.75) is 39.5 Å². The van der Waals surface area contributed by atoms with Crippen LogP contribution in [0.2, 0.25) is 0 Å². The summed E-state index contributed by atoms with van der Waals surface area (Å²) in [6, 6.07) is 10.4. The molecule has 0 aliphatic heterocycles. The SMILES string of the molecule is CCc1ccc(Oc2coc3cc(O)ccc3c2=O)c(C(C)(C)C)c1. The number of benzene rings is 2. The number of rotatable bonds is 3. The highest BCUT2D eigenvalue weighted by atomic mass is 16.5. The lowest BCUT2D eigenvalue weighted by Gasteiger charge is -2.23. The minimum Gasteiger partial charge on any atom is -0.508 e. The summed E-state index contributed by atoms with van der Waals surface area (Å²) < 4.78 is 11.4. The summed E-state index contributed by atoms with van der Waals surface area (Å²) in [4.78, 5) is 12.7. The van der Waals surface area contributed by atoms with Crippen LogP contribution in [0.3, 0.4) is 0 Å². The van der Waals surface area contributed by atoms with Crippen LogP contribution in [0, 0.1) is 0 Å². The van der Waals surface area contributed by atoms with Gasteiger partial charge in [0.2, 0.25) is 11.2 Å². The molecule has 3 aromatic rings. The zero-order chi connectivity index (χ0) is 18.2. The van der Waals surface area contributed by atoms with Crippen LogP contribution < -0.4 is 10.2 Å². The van der Waals surface area contributed by atoms with Crippen LogP contribution in [0.4, 0.5) is 0 Å². The van der Waals surface area contributed by atoms with E-state index in [4.69, 9.17) is 9.15 Å². The molecular formula is C21H22O4. The Bertz CT molecular complexity index is 977. The molecule has 1 aromatic heterocycles. The van der Waals surface area contributed by atoms with Crippen LogP contribution in [-0.2, 0) is 11.8 Å². The number of hydrogen-bond acceptors (Lipinski definition) is 4. The maximum Gasteiger partial charge on any atom is 0.235 e. The summed E-state index contributed by atoms with van der Waals surface area (Å²) in [7, 11) is 0. The highest BCUT2D eigenvalue weighted by Gasteiger charge is 2.21. The van der Waals surface area contributed by atoms with E-state index in [0.717, 1.165) is 12.0 Å². The van der Waals surface area contributed by atoms with Crippen molar-refractivity contribution >= 4 is 11.0 Å². The maximum absolute atomic E-state index is 12.7. The first kappa shape index (κ1) is 17.1. The van der Waals surface area contributed by atoms with Crippen molar-refractivity contribution in [2.24, 2.45) is 0 Å². The number of phenolic OH excluding ortho intramolecular Hbond substituents is 1. The van der Waals surface area contributed by atoms with Crippen molar-refractivity contribution in [3.05, 3.63) is 64.0 Å². The van der Waals surface area contributed by atoms with Crippen molar-refractivity contribution in [2.75, 3.05) is 0 Å². The van der Waals surface area contributed by atoms with Gasteiger partial charge in [0, 0.05) is 11.6 Å². The summed E-state index contributed by atoms with van der Waals surface area (Å²) in [5.41, 5.74) is 2.20. The normalized spacial score (nSPS) is 11.7. The summed E-state index contributed by atoms with van der Waals surface area (Å²) in [6.45, 7) is 8.44. The van der Waals surface area contributed by atoms with Crippen LogP contribution in [-0.4, -0.2) is 5.11 Å². The van der Waals surface area contributed by atoms with Crippen molar-refractivity contribution in [3.8, 4) is 17.2 Å². The molecule has 0 spiro atoms. The second-order valence-electron chi connectivity index (χ2n) is 7.15. The van der Waals surface area contributed by atoms with Crippen molar-refractivity contribution < 1.29 is 14.3 Å². The average Bonchev–Trinajstić information content (AvgIpc) is 2.56. The minimum absolute atomic E-state index is 0.0505. The number of phenols is 1. The van der Waals surface area contributed by atoms with Gasteiger partial charge in [-0.2, -0.15) is 0 Å². The highest BCUT2D eigenvalue weighted by Crippen LogP contribution is 2.35. The monoisotopic (exact) mass is 338 g/mol. The molecule has 0 saturated heterocycles. The molecule has 4 nitrogen and oxygen atoms in total. The molecule has 0 amide bonds. The molecule has 0 saturated carbocycles. The van der Waals surface area contributed by atoms with Crippen LogP contribution >= 0.6 is 0 Å². The smallest absolute Gasteiger partial charge is 0.235 e. The van der Waals surface area contributed by atoms with Gasteiger partial charge in [0.15, 0.2) is 0 Å². The minimum atomic E-state index is -0.263. The molecule has 0 bridgehead atoms. The fourth-order valence-corrected chi connectivity index (χ4v) is 2.76. The third-order valence-electron chi connectivity index (χ3n) is 4.21. The summed E-state index contributed by atoms with van der Waals surface area (Å²) in [5.74, 6) is 0.831. The summed E-state index contributed by atoms with van der Waals surface area (Å²) >= 11 is 0. The molecule has 0 fully saturated rings. The average molecular weight is 338 g/mol. The number of ether oxygens (including phenoxy) is 1. The Hall–Kier alpha value is -2.75. The summed E-state index contributed by atoms with van der Waals surface area (Å²) in [6.07, 6.45) is 2.23. The van der Waals surface area contributed by atoms with Gasteiger partial charge in [0.05, 0.1) is 5.39 Å². The first-order valence-corrected chi connectivity index (χ1v) is 8.35. The van der Waals surface area contributed by atoms with Gasteiger partial charge in [-0.3, -0.25) is 4.79 Å². The first-order valence-electron chi connectivity index (χ1n) is 8.35. The number of aryl methyl sites for hydroxylation is 1. The van der Waals surface area contributed by atoms with Gasteiger partial charge in [-0.1, -0.05) is 39.8 Å². The molecule has 0 aliphatic rings. The van der Waals surface area contributed by atoms with E-state index in [1.165, 1.54) is 30.0 Å². The van der Waals surface area contributed by atoms with E-state index in [9.17, 15) is 9.90 Å². The van der Waals surface area contributed by atoms with E-state index in [1.807, 2.05) is 12.1 Å². The van der Waals surface area contributed by atoms with E-state index in [0.29, 0.717) is 16.7 Å². The Kier molecular flexibility index (Phi) is 4.29. The van der Waals surface area contributed by atoms with Gasteiger partial charge in [-0.05, 0) is 35.6 Å². The zero-order valence-corrected chi connectivity index (χ0v) is 14.9. The van der Waals surface area contributed by atoms with Crippen LogP contribution in [0.1, 0.15) is 38.8 Å². The Labute approximate surface area is 146 Å². The Morgan fingerprint density at radius 3 is 2.52 bits per heavy atom. The maximum atomic E-state index is 12.7. The van der Waals surface area contributed by atoms with E-state index >= 15 is 0 Å². The van der Waals surface area contributed by atoms with Crippen LogP contribution in [0.25, 0.3) is 11.0 Å². The first-order chi connectivity index (χ1) is 11.8. The van der Waals surface area contributed by atoms with E-state index in [-0.39, 0.29) is 22.3 Å². The van der Waals surface area contributed by atoms with Gasteiger partial charge < -0.3 is 14.3 Å². The number of fused-ring (bicyclic) bond motifs is 1. The molecule has 1 N–H and O–H groups in total. The molecule has 0 unspecified atom stereocenters. The van der Waals surface area contributed by atoms with Crippen molar-refractivity contribution in [1.29, 1.82) is 0 Å². The third kappa shape index (κ3) is 3.38. The lowest BCUT2D eigenvalue weighted by atomic mass is 9.85. The van der Waals surface area contributed by atoms with Crippen molar-refractivity contribution in [3.63, 3.8) is 0 Å². The molecular weight excluding hydrogens is 316 g/mol. The molecule has 0 aliphatic carbocycles. The molecule has 0 atom stereocenters. The second-order valence-corrected chi connectivity index (χ2v) is 7.15. The molecule has 2 aromatic carbocycles. The van der Waals surface area contributed by atoms with Crippen LogP contribution in [0.15, 0.2) is 51.9 Å². The lowest BCUT2D eigenvalue weighted by molar-refractivity contribution is 0.431. The molecule has 1 heterocycles. The summed E-state index contributed by atoms with van der Waals surface area (Å²) in [5, 5.41) is 9.88. The standard InChI is InChI=1S/C21H22O4/c1-5-13-6-9-17(16(10-13)21(2,3)4)25-19-12-24-18-11-14(22)7-8-15(18)20(19)23/h6-12,22H,5H2,1-4H3. The molecule has 130 valence electrons. The number of aromatic hydroxyl groups is 1. The Morgan fingerprint density at radius 1 is 1.08 bits per heavy atom. The van der Waals surface area contributed by atoms with E-state index < -0.39 is 0 Å². The number of hydrogen-bond donors (Lipinski definition) is 1. The Morgan fingerprint density at radius 2 is 1.84 bits per heavy atom.